The summed E-state index contributed by atoms with van der Waals surface area (Å²) in [6.07, 6.45) is 2.29. The molecule has 110 valence electrons. The Hall–Kier alpha value is -0.710. The standard InChI is InChI=1S/C17H16Br2FN/c18-14-3-1-11(2-4-14)12-8-16(9-12)21-10-13-7-15(20)5-6-17(13)19/h1-7,12,16,21H,8-10H2. The van der Waals surface area contributed by atoms with E-state index in [2.05, 4.69) is 61.4 Å². The quantitative estimate of drug-likeness (QED) is 0.710. The number of hydrogen-bond donors (Lipinski definition) is 1. The van der Waals surface area contributed by atoms with E-state index in [1.165, 1.54) is 11.6 Å². The third-order valence-corrected chi connectivity index (χ3v) is 5.37. The van der Waals surface area contributed by atoms with Crippen molar-refractivity contribution < 1.29 is 4.39 Å². The summed E-state index contributed by atoms with van der Waals surface area (Å²) in [5.74, 6) is 0.461. The lowest BCUT2D eigenvalue weighted by molar-refractivity contribution is 0.289. The molecule has 0 heterocycles. The van der Waals surface area contributed by atoms with Gasteiger partial charge in [-0.1, -0.05) is 44.0 Å². The highest BCUT2D eigenvalue weighted by molar-refractivity contribution is 9.10. The molecule has 1 aliphatic carbocycles. The first-order chi connectivity index (χ1) is 10.1. The van der Waals surface area contributed by atoms with Gasteiger partial charge in [0.1, 0.15) is 5.82 Å². The Morgan fingerprint density at radius 2 is 1.76 bits per heavy atom. The Morgan fingerprint density at radius 1 is 1.05 bits per heavy atom. The summed E-state index contributed by atoms with van der Waals surface area (Å²) in [5, 5.41) is 3.51. The van der Waals surface area contributed by atoms with Gasteiger partial charge in [0.15, 0.2) is 0 Å². The summed E-state index contributed by atoms with van der Waals surface area (Å²) < 4.78 is 15.3. The molecule has 0 saturated heterocycles. The molecule has 4 heteroatoms. The van der Waals surface area contributed by atoms with Gasteiger partial charge in [-0.2, -0.15) is 0 Å². The smallest absolute Gasteiger partial charge is 0.123 e. The van der Waals surface area contributed by atoms with Crippen molar-refractivity contribution in [3.8, 4) is 0 Å². The van der Waals surface area contributed by atoms with Crippen LogP contribution in [-0.2, 0) is 6.54 Å². The average molecular weight is 413 g/mol. The average Bonchev–Trinajstić information content (AvgIpc) is 2.42. The van der Waals surface area contributed by atoms with Gasteiger partial charge in [-0.25, -0.2) is 4.39 Å². The zero-order valence-corrected chi connectivity index (χ0v) is 14.6. The van der Waals surface area contributed by atoms with Crippen LogP contribution in [0.15, 0.2) is 51.4 Å². The molecule has 0 bridgehead atoms. The summed E-state index contributed by atoms with van der Waals surface area (Å²) in [4.78, 5) is 0. The molecule has 0 aromatic heterocycles. The van der Waals surface area contributed by atoms with Crippen LogP contribution < -0.4 is 5.32 Å². The van der Waals surface area contributed by atoms with Crippen molar-refractivity contribution in [2.24, 2.45) is 0 Å². The fourth-order valence-electron chi connectivity index (χ4n) is 2.72. The maximum absolute atomic E-state index is 13.2. The highest BCUT2D eigenvalue weighted by Crippen LogP contribution is 2.37. The lowest BCUT2D eigenvalue weighted by Gasteiger charge is -2.36. The molecule has 0 atom stereocenters. The molecule has 0 radical (unpaired) electrons. The van der Waals surface area contributed by atoms with E-state index >= 15 is 0 Å². The molecule has 0 spiro atoms. The summed E-state index contributed by atoms with van der Waals surface area (Å²) in [5.41, 5.74) is 2.38. The van der Waals surface area contributed by atoms with Crippen LogP contribution in [0.2, 0.25) is 0 Å². The molecule has 1 fully saturated rings. The van der Waals surface area contributed by atoms with E-state index in [1.807, 2.05) is 0 Å². The Labute approximate surface area is 141 Å². The molecule has 1 saturated carbocycles. The summed E-state index contributed by atoms with van der Waals surface area (Å²) in [7, 11) is 0. The van der Waals surface area contributed by atoms with Gasteiger partial charge in [-0.3, -0.25) is 0 Å². The minimum atomic E-state index is -0.184. The van der Waals surface area contributed by atoms with E-state index in [1.54, 1.807) is 12.1 Å². The second-order valence-electron chi connectivity index (χ2n) is 5.53. The summed E-state index contributed by atoms with van der Waals surface area (Å²) in [6, 6.07) is 13.9. The van der Waals surface area contributed by atoms with Gasteiger partial charge < -0.3 is 5.32 Å². The van der Waals surface area contributed by atoms with E-state index < -0.39 is 0 Å². The zero-order valence-electron chi connectivity index (χ0n) is 11.5. The SMILES string of the molecule is Fc1ccc(Br)c(CNC2CC(c3ccc(Br)cc3)C2)c1. The van der Waals surface area contributed by atoms with Crippen LogP contribution in [0.4, 0.5) is 4.39 Å². The maximum Gasteiger partial charge on any atom is 0.123 e. The monoisotopic (exact) mass is 411 g/mol. The van der Waals surface area contributed by atoms with E-state index in [0.717, 1.165) is 27.4 Å². The normalized spacial score (nSPS) is 21.1. The van der Waals surface area contributed by atoms with Crippen LogP contribution in [0.5, 0.6) is 0 Å². The second kappa shape index (κ2) is 6.59. The van der Waals surface area contributed by atoms with Crippen molar-refractivity contribution in [3.05, 3.63) is 68.4 Å². The number of halogens is 3. The van der Waals surface area contributed by atoms with Gasteiger partial charge in [0.2, 0.25) is 0 Å². The van der Waals surface area contributed by atoms with Gasteiger partial charge in [-0.15, -0.1) is 0 Å². The lowest BCUT2D eigenvalue weighted by atomic mass is 9.76. The Balaban J connectivity index is 1.51. The highest BCUT2D eigenvalue weighted by Gasteiger charge is 2.29. The molecule has 0 aliphatic heterocycles. The zero-order chi connectivity index (χ0) is 14.8. The Kier molecular flexibility index (Phi) is 4.77. The predicted octanol–water partition coefficient (Wildman–Crippen LogP) is 5.39. The summed E-state index contributed by atoms with van der Waals surface area (Å²) in [6.45, 7) is 0.704. The Bertz CT molecular complexity index is 621. The van der Waals surface area contributed by atoms with Crippen molar-refractivity contribution >= 4 is 31.9 Å². The number of nitrogens with one attached hydrogen (secondary N) is 1. The second-order valence-corrected chi connectivity index (χ2v) is 7.30. The number of rotatable bonds is 4. The van der Waals surface area contributed by atoms with Crippen molar-refractivity contribution in [1.29, 1.82) is 0 Å². The molecule has 2 aromatic carbocycles. The van der Waals surface area contributed by atoms with Crippen molar-refractivity contribution in [3.63, 3.8) is 0 Å². The van der Waals surface area contributed by atoms with Gasteiger partial charge in [0.05, 0.1) is 0 Å². The van der Waals surface area contributed by atoms with Crippen LogP contribution in [0, 0.1) is 5.82 Å². The molecule has 21 heavy (non-hydrogen) atoms. The first-order valence-corrected chi connectivity index (χ1v) is 8.63. The maximum atomic E-state index is 13.2. The molecule has 2 aromatic rings. The number of hydrogen-bond acceptors (Lipinski definition) is 1. The van der Waals surface area contributed by atoms with Gasteiger partial charge in [-0.05, 0) is 60.2 Å². The van der Waals surface area contributed by atoms with E-state index in [0.29, 0.717) is 18.5 Å². The van der Waals surface area contributed by atoms with E-state index in [9.17, 15) is 4.39 Å². The molecular weight excluding hydrogens is 397 g/mol. The van der Waals surface area contributed by atoms with Crippen LogP contribution in [0.1, 0.15) is 29.9 Å². The van der Waals surface area contributed by atoms with E-state index in [-0.39, 0.29) is 5.82 Å². The van der Waals surface area contributed by atoms with Crippen LogP contribution in [-0.4, -0.2) is 6.04 Å². The van der Waals surface area contributed by atoms with Crippen LogP contribution in [0.3, 0.4) is 0 Å². The molecule has 1 aliphatic rings. The van der Waals surface area contributed by atoms with Gasteiger partial charge in [0, 0.05) is 21.5 Å². The predicted molar refractivity (Wildman–Crippen MR) is 90.8 cm³/mol. The largest absolute Gasteiger partial charge is 0.310 e. The molecule has 1 N–H and O–H groups in total. The van der Waals surface area contributed by atoms with Crippen LogP contribution >= 0.6 is 31.9 Å². The minimum absolute atomic E-state index is 0.184. The fraction of sp³-hybridized carbons (Fsp3) is 0.294. The third kappa shape index (κ3) is 3.74. The summed E-state index contributed by atoms with van der Waals surface area (Å²) >= 11 is 6.93. The first-order valence-electron chi connectivity index (χ1n) is 7.04. The highest BCUT2D eigenvalue weighted by atomic mass is 79.9. The third-order valence-electron chi connectivity index (χ3n) is 4.07. The van der Waals surface area contributed by atoms with Crippen molar-refractivity contribution in [2.45, 2.75) is 31.3 Å². The number of benzene rings is 2. The van der Waals surface area contributed by atoms with Gasteiger partial charge in [0.25, 0.3) is 0 Å². The van der Waals surface area contributed by atoms with Gasteiger partial charge >= 0.3 is 0 Å². The van der Waals surface area contributed by atoms with Crippen molar-refractivity contribution in [1.82, 2.24) is 5.32 Å². The molecule has 3 rings (SSSR count). The molecular formula is C17H16Br2FN. The Morgan fingerprint density at radius 3 is 2.48 bits per heavy atom. The van der Waals surface area contributed by atoms with Crippen molar-refractivity contribution in [2.75, 3.05) is 0 Å². The fourth-order valence-corrected chi connectivity index (χ4v) is 3.38. The first kappa shape index (κ1) is 15.2. The molecule has 0 unspecified atom stereocenters. The molecule has 0 amide bonds. The topological polar surface area (TPSA) is 12.0 Å². The molecule has 1 nitrogen and oxygen atoms in total. The van der Waals surface area contributed by atoms with E-state index in [4.69, 9.17) is 0 Å². The minimum Gasteiger partial charge on any atom is -0.310 e. The van der Waals surface area contributed by atoms with Crippen LogP contribution in [0.25, 0.3) is 0 Å². The lowest BCUT2D eigenvalue weighted by Crippen LogP contribution is -2.39.